The van der Waals surface area contributed by atoms with Crippen molar-refractivity contribution in [3.63, 3.8) is 0 Å². The van der Waals surface area contributed by atoms with Crippen molar-refractivity contribution >= 4 is 11.8 Å². The van der Waals surface area contributed by atoms with Crippen LogP contribution in [0.1, 0.15) is 47.3 Å². The smallest absolute Gasteiger partial charge is 0.283 e. The molecule has 0 saturated heterocycles. The number of Topliss-reactive ketones (excluding diaryl/α,β-unsaturated/α-hetero) is 1. The zero-order valence-electron chi connectivity index (χ0n) is 18.3. The predicted molar refractivity (Wildman–Crippen MR) is 117 cm³/mol. The maximum atomic E-state index is 15.1. The molecule has 3 aromatic rings. The van der Waals surface area contributed by atoms with E-state index < -0.39 is 18.0 Å². The number of carbonyl (C=O) groups is 1. The summed E-state index contributed by atoms with van der Waals surface area (Å²) in [5.74, 6) is -0.821. The Hall–Kier alpha value is -3.76. The van der Waals surface area contributed by atoms with E-state index in [1.807, 2.05) is 0 Å². The van der Waals surface area contributed by atoms with Gasteiger partial charge in [0, 0.05) is 17.9 Å². The molecule has 1 aromatic carbocycles. The van der Waals surface area contributed by atoms with Gasteiger partial charge in [-0.15, -0.1) is 0 Å². The van der Waals surface area contributed by atoms with E-state index >= 15 is 4.39 Å². The van der Waals surface area contributed by atoms with Crippen LogP contribution in [-0.4, -0.2) is 49.3 Å². The molecule has 3 heterocycles. The van der Waals surface area contributed by atoms with Crippen LogP contribution < -0.4 is 5.73 Å². The van der Waals surface area contributed by atoms with E-state index in [0.29, 0.717) is 24.2 Å². The van der Waals surface area contributed by atoms with Gasteiger partial charge in [-0.3, -0.25) is 4.79 Å². The molecule has 9 nitrogen and oxygen atoms in total. The first-order valence-corrected chi connectivity index (χ1v) is 11.1. The Kier molecular flexibility index (Phi) is 5.76. The molecule has 5 rings (SSSR count). The van der Waals surface area contributed by atoms with Gasteiger partial charge in [-0.25, -0.2) is 33.4 Å². The van der Waals surface area contributed by atoms with Crippen molar-refractivity contribution in [2.24, 2.45) is 16.6 Å². The number of carbonyl (C=O) groups excluding carboxylic acids is 1. The molecular formula is C23H23F2N7O2. The van der Waals surface area contributed by atoms with Crippen molar-refractivity contribution in [2.75, 3.05) is 6.67 Å². The van der Waals surface area contributed by atoms with Crippen molar-refractivity contribution in [3.8, 4) is 5.82 Å². The van der Waals surface area contributed by atoms with E-state index in [2.05, 4.69) is 25.0 Å². The topological polar surface area (TPSA) is 121 Å². The van der Waals surface area contributed by atoms with Gasteiger partial charge >= 0.3 is 0 Å². The number of amidine groups is 1. The summed E-state index contributed by atoms with van der Waals surface area (Å²) in [7, 11) is 0. The van der Waals surface area contributed by atoms with Gasteiger partial charge in [-0.2, -0.15) is 5.10 Å². The molecule has 0 amide bonds. The van der Waals surface area contributed by atoms with Crippen LogP contribution in [0.25, 0.3) is 5.82 Å². The number of ether oxygens (including phenoxy) is 1. The normalized spacial score (nSPS) is 24.1. The Balaban J connectivity index is 1.43. The van der Waals surface area contributed by atoms with Gasteiger partial charge in [0.05, 0.1) is 12.4 Å². The molecule has 34 heavy (non-hydrogen) atoms. The predicted octanol–water partition coefficient (Wildman–Crippen LogP) is 2.69. The van der Waals surface area contributed by atoms with Crippen LogP contribution in [0.3, 0.4) is 0 Å². The number of alkyl halides is 1. The van der Waals surface area contributed by atoms with E-state index in [0.717, 1.165) is 12.8 Å². The van der Waals surface area contributed by atoms with Crippen LogP contribution >= 0.6 is 0 Å². The van der Waals surface area contributed by atoms with Gasteiger partial charge in [0.25, 0.3) is 6.02 Å². The Labute approximate surface area is 194 Å². The van der Waals surface area contributed by atoms with E-state index in [1.165, 1.54) is 47.9 Å². The molecular weight excluding hydrogens is 444 g/mol. The second-order valence-corrected chi connectivity index (χ2v) is 8.57. The Morgan fingerprint density at radius 2 is 2.09 bits per heavy atom. The minimum absolute atomic E-state index is 0.0587. The molecule has 1 aliphatic carbocycles. The number of hydrogen-bond acceptors (Lipinski definition) is 8. The maximum absolute atomic E-state index is 15.1. The number of halogens is 2. The standard InChI is InChI=1S/C23H23F2N7O2/c24-11-23(15-3-1-2-4-20(15)34-22(26)31-23)16-7-14(5-6-17(16)25)8-19(33)18-9-29-21(10-28-18)32-13-27-12-30-32/h5-7,9-10,12-13,15,20H,1-4,8,11H2,(H2,26,31)/t15-,20+,23-/m0/s1. The van der Waals surface area contributed by atoms with Gasteiger partial charge < -0.3 is 10.5 Å². The van der Waals surface area contributed by atoms with Crippen LogP contribution in [0.4, 0.5) is 8.78 Å². The van der Waals surface area contributed by atoms with E-state index in [9.17, 15) is 9.18 Å². The van der Waals surface area contributed by atoms with Gasteiger partial charge in [0.15, 0.2) is 11.6 Å². The highest BCUT2D eigenvalue weighted by Gasteiger charge is 2.51. The third kappa shape index (κ3) is 3.91. The van der Waals surface area contributed by atoms with Crippen molar-refractivity contribution in [1.82, 2.24) is 24.7 Å². The van der Waals surface area contributed by atoms with Crippen LogP contribution in [0.5, 0.6) is 0 Å². The summed E-state index contributed by atoms with van der Waals surface area (Å²) in [4.78, 5) is 29.3. The molecule has 0 bridgehead atoms. The number of fused-ring (bicyclic) bond motifs is 1. The molecule has 2 aromatic heterocycles. The highest BCUT2D eigenvalue weighted by molar-refractivity contribution is 5.95. The number of hydrogen-bond donors (Lipinski definition) is 1. The zero-order chi connectivity index (χ0) is 23.7. The Morgan fingerprint density at radius 3 is 2.82 bits per heavy atom. The minimum Gasteiger partial charge on any atom is -0.462 e. The molecule has 11 heteroatoms. The average molecular weight is 467 g/mol. The SMILES string of the molecule is NC1=N[C@](CF)(c2cc(CC(=O)c3cnc(-n4cncn4)cn3)ccc2F)[C@H]2CCCC[C@H]2O1. The quantitative estimate of drug-likeness (QED) is 0.553. The lowest BCUT2D eigenvalue weighted by atomic mass is 9.69. The molecule has 1 saturated carbocycles. The van der Waals surface area contributed by atoms with Crippen molar-refractivity contribution < 1.29 is 18.3 Å². The third-order valence-corrected chi connectivity index (χ3v) is 6.54. The van der Waals surface area contributed by atoms with Crippen LogP contribution in [0.15, 0.2) is 48.2 Å². The van der Waals surface area contributed by atoms with E-state index in [1.54, 1.807) is 0 Å². The average Bonchev–Trinajstić information content (AvgIpc) is 3.40. The summed E-state index contributed by atoms with van der Waals surface area (Å²) in [6.07, 6.45) is 8.41. The van der Waals surface area contributed by atoms with Crippen LogP contribution in [-0.2, 0) is 16.7 Å². The number of rotatable bonds is 6. The number of nitrogens with two attached hydrogens (primary N) is 1. The summed E-state index contributed by atoms with van der Waals surface area (Å²) in [5.41, 5.74) is 5.17. The van der Waals surface area contributed by atoms with Crippen molar-refractivity contribution in [1.29, 1.82) is 0 Å². The maximum Gasteiger partial charge on any atom is 0.283 e. The fraction of sp³-hybridized carbons (Fsp3) is 0.391. The molecule has 176 valence electrons. The molecule has 0 unspecified atom stereocenters. The minimum atomic E-state index is -1.48. The molecule has 1 aliphatic heterocycles. The number of nitrogens with zero attached hydrogens (tertiary/aromatic N) is 6. The first kappa shape index (κ1) is 22.1. The number of benzene rings is 1. The van der Waals surface area contributed by atoms with Gasteiger partial charge in [-0.05, 0) is 37.0 Å². The lowest BCUT2D eigenvalue weighted by Crippen LogP contribution is -2.52. The summed E-state index contributed by atoms with van der Waals surface area (Å²) >= 11 is 0. The fourth-order valence-corrected chi connectivity index (χ4v) is 4.91. The lowest BCUT2D eigenvalue weighted by molar-refractivity contribution is -0.00110. The molecule has 0 radical (unpaired) electrons. The first-order valence-electron chi connectivity index (χ1n) is 11.1. The highest BCUT2D eigenvalue weighted by Crippen LogP contribution is 2.47. The highest BCUT2D eigenvalue weighted by atomic mass is 19.1. The second-order valence-electron chi connectivity index (χ2n) is 8.57. The molecule has 0 spiro atoms. The van der Waals surface area contributed by atoms with E-state index in [4.69, 9.17) is 10.5 Å². The third-order valence-electron chi connectivity index (χ3n) is 6.54. The van der Waals surface area contributed by atoms with Gasteiger partial charge in [0.2, 0.25) is 0 Å². The van der Waals surface area contributed by atoms with Gasteiger partial charge in [0.1, 0.15) is 42.5 Å². The van der Waals surface area contributed by atoms with Crippen molar-refractivity contribution in [3.05, 3.63) is 65.9 Å². The summed E-state index contributed by atoms with van der Waals surface area (Å²) < 4.78 is 36.8. The zero-order valence-corrected chi connectivity index (χ0v) is 18.3. The molecule has 2 N–H and O–H groups in total. The monoisotopic (exact) mass is 467 g/mol. The number of aliphatic imine (C=N–C) groups is 1. The molecule has 1 fully saturated rings. The second kappa shape index (κ2) is 8.88. The Morgan fingerprint density at radius 1 is 1.24 bits per heavy atom. The summed E-state index contributed by atoms with van der Waals surface area (Å²) in [6.45, 7) is -0.915. The van der Waals surface area contributed by atoms with Crippen LogP contribution in [0.2, 0.25) is 0 Å². The number of ketones is 1. The summed E-state index contributed by atoms with van der Waals surface area (Å²) in [5, 5.41) is 3.96. The summed E-state index contributed by atoms with van der Waals surface area (Å²) in [6, 6.07) is 4.13. The largest absolute Gasteiger partial charge is 0.462 e. The Bertz CT molecular complexity index is 1220. The van der Waals surface area contributed by atoms with Crippen LogP contribution in [0, 0.1) is 11.7 Å². The fourth-order valence-electron chi connectivity index (χ4n) is 4.91. The first-order chi connectivity index (χ1) is 16.5. The van der Waals surface area contributed by atoms with Gasteiger partial charge in [-0.1, -0.05) is 12.5 Å². The number of aromatic nitrogens is 5. The lowest BCUT2D eigenvalue weighted by Gasteiger charge is -2.45. The molecule has 2 aliphatic rings. The van der Waals surface area contributed by atoms with E-state index in [-0.39, 0.29) is 41.5 Å². The van der Waals surface area contributed by atoms with Crippen molar-refractivity contribution in [2.45, 2.75) is 43.7 Å². The molecule has 3 atom stereocenters.